The first kappa shape index (κ1) is 13.4. The average Bonchev–Trinajstić information content (AvgIpc) is 2.51. The standard InChI is InChI=1S/C20H18O/c1-3-16(17-10-6-4-8-14(17)2)20-18-11-7-5-9-15(18)12-13-19(20)21/h3-13,21H,1-2H3/b16-3-. The van der Waals surface area contributed by atoms with Crippen molar-refractivity contribution in [3.63, 3.8) is 0 Å². The van der Waals surface area contributed by atoms with E-state index in [0.717, 1.165) is 27.5 Å². The van der Waals surface area contributed by atoms with Crippen molar-refractivity contribution in [3.05, 3.63) is 83.4 Å². The summed E-state index contributed by atoms with van der Waals surface area (Å²) >= 11 is 0. The zero-order valence-corrected chi connectivity index (χ0v) is 12.3. The maximum atomic E-state index is 10.4. The van der Waals surface area contributed by atoms with Gasteiger partial charge < -0.3 is 5.11 Å². The van der Waals surface area contributed by atoms with Crippen LogP contribution in [0.2, 0.25) is 0 Å². The zero-order chi connectivity index (χ0) is 14.8. The fraction of sp³-hybridized carbons (Fsp3) is 0.100. The number of allylic oxidation sites excluding steroid dienone is 1. The Morgan fingerprint density at radius 1 is 0.905 bits per heavy atom. The summed E-state index contributed by atoms with van der Waals surface area (Å²) in [6.07, 6.45) is 2.07. The van der Waals surface area contributed by atoms with E-state index in [0.29, 0.717) is 5.75 Å². The summed E-state index contributed by atoms with van der Waals surface area (Å²) in [4.78, 5) is 0. The van der Waals surface area contributed by atoms with E-state index in [-0.39, 0.29) is 0 Å². The highest BCUT2D eigenvalue weighted by Crippen LogP contribution is 2.37. The Hall–Kier alpha value is -2.54. The molecule has 0 fully saturated rings. The molecule has 0 saturated carbocycles. The van der Waals surface area contributed by atoms with E-state index < -0.39 is 0 Å². The molecule has 0 spiro atoms. The molecule has 0 radical (unpaired) electrons. The topological polar surface area (TPSA) is 20.2 Å². The molecular formula is C20H18O. The lowest BCUT2D eigenvalue weighted by Crippen LogP contribution is -1.93. The molecule has 1 N–H and O–H groups in total. The number of aryl methyl sites for hydroxylation is 1. The molecule has 0 atom stereocenters. The van der Waals surface area contributed by atoms with Crippen molar-refractivity contribution in [1.82, 2.24) is 0 Å². The van der Waals surface area contributed by atoms with Crippen molar-refractivity contribution >= 4 is 16.3 Å². The maximum Gasteiger partial charge on any atom is 0.124 e. The molecular weight excluding hydrogens is 256 g/mol. The molecule has 0 saturated heterocycles. The summed E-state index contributed by atoms with van der Waals surface area (Å²) < 4.78 is 0. The molecule has 0 unspecified atom stereocenters. The van der Waals surface area contributed by atoms with Gasteiger partial charge in [0.05, 0.1) is 0 Å². The van der Waals surface area contributed by atoms with Crippen molar-refractivity contribution in [2.45, 2.75) is 13.8 Å². The summed E-state index contributed by atoms with van der Waals surface area (Å²) in [5.41, 5.74) is 4.34. The molecule has 1 heteroatoms. The molecule has 0 aliphatic heterocycles. The number of rotatable bonds is 2. The molecule has 3 aromatic rings. The van der Waals surface area contributed by atoms with Crippen LogP contribution in [0.5, 0.6) is 5.75 Å². The smallest absolute Gasteiger partial charge is 0.124 e. The van der Waals surface area contributed by atoms with E-state index in [4.69, 9.17) is 0 Å². The van der Waals surface area contributed by atoms with Gasteiger partial charge in [0, 0.05) is 5.56 Å². The second-order valence-corrected chi connectivity index (χ2v) is 5.20. The van der Waals surface area contributed by atoms with Gasteiger partial charge in [0.2, 0.25) is 0 Å². The van der Waals surface area contributed by atoms with Gasteiger partial charge in [-0.2, -0.15) is 0 Å². The summed E-state index contributed by atoms with van der Waals surface area (Å²) in [6.45, 7) is 4.12. The third-order valence-electron chi connectivity index (χ3n) is 3.90. The zero-order valence-electron chi connectivity index (χ0n) is 12.3. The van der Waals surface area contributed by atoms with E-state index in [1.807, 2.05) is 37.3 Å². The van der Waals surface area contributed by atoms with Gasteiger partial charge in [-0.3, -0.25) is 0 Å². The second-order valence-electron chi connectivity index (χ2n) is 5.20. The number of benzene rings is 3. The lowest BCUT2D eigenvalue weighted by Gasteiger charge is -2.15. The highest BCUT2D eigenvalue weighted by Gasteiger charge is 2.14. The molecule has 0 aliphatic carbocycles. The average molecular weight is 274 g/mol. The van der Waals surface area contributed by atoms with Gasteiger partial charge in [0.15, 0.2) is 0 Å². The minimum absolute atomic E-state index is 0.324. The third-order valence-corrected chi connectivity index (χ3v) is 3.90. The van der Waals surface area contributed by atoms with Crippen LogP contribution < -0.4 is 0 Å². The summed E-state index contributed by atoms with van der Waals surface area (Å²) in [5, 5.41) is 12.6. The van der Waals surface area contributed by atoms with Gasteiger partial charge >= 0.3 is 0 Å². The van der Waals surface area contributed by atoms with Crippen molar-refractivity contribution in [2.24, 2.45) is 0 Å². The summed E-state index contributed by atoms with van der Waals surface area (Å²) in [5.74, 6) is 0.324. The highest BCUT2D eigenvalue weighted by atomic mass is 16.3. The molecule has 0 aromatic heterocycles. The largest absolute Gasteiger partial charge is 0.507 e. The van der Waals surface area contributed by atoms with Crippen LogP contribution in [0.25, 0.3) is 16.3 Å². The van der Waals surface area contributed by atoms with E-state index in [2.05, 4.69) is 37.3 Å². The fourth-order valence-corrected chi connectivity index (χ4v) is 2.85. The van der Waals surface area contributed by atoms with Gasteiger partial charge in [-0.1, -0.05) is 60.7 Å². The minimum Gasteiger partial charge on any atom is -0.507 e. The molecule has 0 aliphatic rings. The summed E-state index contributed by atoms with van der Waals surface area (Å²) in [6, 6.07) is 20.2. The molecule has 3 rings (SSSR count). The van der Waals surface area contributed by atoms with Crippen LogP contribution in [0, 0.1) is 6.92 Å². The number of phenols is 1. The number of aromatic hydroxyl groups is 1. The first-order valence-corrected chi connectivity index (χ1v) is 7.16. The Labute approximate surface area is 125 Å². The van der Waals surface area contributed by atoms with Gasteiger partial charge in [-0.25, -0.2) is 0 Å². The van der Waals surface area contributed by atoms with Gasteiger partial charge in [-0.05, 0) is 47.4 Å². The third kappa shape index (κ3) is 2.31. The Bertz CT molecular complexity index is 828. The van der Waals surface area contributed by atoms with Crippen molar-refractivity contribution in [2.75, 3.05) is 0 Å². The molecule has 0 amide bonds. The molecule has 104 valence electrons. The quantitative estimate of drug-likeness (QED) is 0.671. The summed E-state index contributed by atoms with van der Waals surface area (Å²) in [7, 11) is 0. The number of fused-ring (bicyclic) bond motifs is 1. The van der Waals surface area contributed by atoms with Crippen LogP contribution in [0.3, 0.4) is 0 Å². The number of phenolic OH excluding ortho intramolecular Hbond substituents is 1. The van der Waals surface area contributed by atoms with Crippen LogP contribution >= 0.6 is 0 Å². The van der Waals surface area contributed by atoms with Crippen molar-refractivity contribution in [1.29, 1.82) is 0 Å². The Morgan fingerprint density at radius 2 is 1.62 bits per heavy atom. The lowest BCUT2D eigenvalue weighted by atomic mass is 9.90. The van der Waals surface area contributed by atoms with Gasteiger partial charge in [-0.15, -0.1) is 0 Å². The SMILES string of the molecule is C/C=C(/c1ccccc1C)c1c(O)ccc2ccccc12. The maximum absolute atomic E-state index is 10.4. The van der Waals surface area contributed by atoms with Crippen LogP contribution in [-0.4, -0.2) is 5.11 Å². The van der Waals surface area contributed by atoms with E-state index in [1.165, 1.54) is 5.56 Å². The van der Waals surface area contributed by atoms with E-state index in [9.17, 15) is 5.11 Å². The normalized spacial score (nSPS) is 11.8. The van der Waals surface area contributed by atoms with E-state index >= 15 is 0 Å². The van der Waals surface area contributed by atoms with Gasteiger partial charge in [0.1, 0.15) is 5.75 Å². The molecule has 3 aromatic carbocycles. The number of hydrogen-bond acceptors (Lipinski definition) is 1. The minimum atomic E-state index is 0.324. The van der Waals surface area contributed by atoms with Crippen LogP contribution in [-0.2, 0) is 0 Å². The molecule has 0 heterocycles. The number of hydrogen-bond donors (Lipinski definition) is 1. The van der Waals surface area contributed by atoms with Crippen LogP contribution in [0.15, 0.2) is 66.7 Å². The predicted molar refractivity (Wildman–Crippen MR) is 89.5 cm³/mol. The van der Waals surface area contributed by atoms with Crippen molar-refractivity contribution in [3.8, 4) is 5.75 Å². The fourth-order valence-electron chi connectivity index (χ4n) is 2.85. The highest BCUT2D eigenvalue weighted by molar-refractivity contribution is 6.00. The van der Waals surface area contributed by atoms with E-state index in [1.54, 1.807) is 6.07 Å². The lowest BCUT2D eigenvalue weighted by molar-refractivity contribution is 0.474. The molecule has 1 nitrogen and oxygen atoms in total. The Balaban J connectivity index is 2.33. The monoisotopic (exact) mass is 274 g/mol. The Kier molecular flexibility index (Phi) is 3.49. The second kappa shape index (κ2) is 5.45. The van der Waals surface area contributed by atoms with Gasteiger partial charge in [0.25, 0.3) is 0 Å². The Morgan fingerprint density at radius 3 is 2.38 bits per heavy atom. The van der Waals surface area contributed by atoms with Crippen molar-refractivity contribution < 1.29 is 5.11 Å². The first-order chi connectivity index (χ1) is 10.2. The predicted octanol–water partition coefficient (Wildman–Crippen LogP) is 5.31. The van der Waals surface area contributed by atoms with Crippen LogP contribution in [0.4, 0.5) is 0 Å². The van der Waals surface area contributed by atoms with Crippen LogP contribution in [0.1, 0.15) is 23.6 Å². The molecule has 0 bridgehead atoms. The first-order valence-electron chi connectivity index (χ1n) is 7.16. The molecule has 21 heavy (non-hydrogen) atoms.